The van der Waals surface area contributed by atoms with Gasteiger partial charge in [-0.05, 0) is 0 Å². The van der Waals surface area contributed by atoms with Crippen LogP contribution in [0.15, 0.2) is 10.1 Å². The fourth-order valence-electron chi connectivity index (χ4n) is 0.723. The third-order valence-corrected chi connectivity index (χ3v) is 1.25. The molecule has 0 amide bonds. The number of carbonyl (C=O) groups is 1. The summed E-state index contributed by atoms with van der Waals surface area (Å²) in [5, 5.41) is 11.8. The molecule has 1 unspecified atom stereocenters. The van der Waals surface area contributed by atoms with Crippen molar-refractivity contribution in [1.29, 1.82) is 0 Å². The van der Waals surface area contributed by atoms with Gasteiger partial charge in [0.15, 0.2) is 0 Å². The van der Waals surface area contributed by atoms with Gasteiger partial charge >= 0.3 is 5.97 Å². The van der Waals surface area contributed by atoms with Crippen molar-refractivity contribution in [2.45, 2.75) is 5.85 Å². The number of aliphatic carboxylic acids is 1. The Morgan fingerprint density at radius 1 is 1.92 bits per heavy atom. The second kappa shape index (κ2) is 3.37. The molecule has 13 heavy (non-hydrogen) atoms. The number of hydrogen-bond acceptors (Lipinski definition) is 7. The highest BCUT2D eigenvalue weighted by Crippen LogP contribution is 2.10. The molecule has 1 rings (SSSR count). The van der Waals surface area contributed by atoms with Crippen LogP contribution in [0.3, 0.4) is 0 Å². The van der Waals surface area contributed by atoms with Crippen molar-refractivity contribution in [3.63, 3.8) is 0 Å². The van der Waals surface area contributed by atoms with E-state index in [1.165, 1.54) is 7.11 Å². The third kappa shape index (κ3) is 1.73. The van der Waals surface area contributed by atoms with Gasteiger partial charge in [-0.25, -0.2) is 14.6 Å². The average molecular weight is 188 g/mol. The number of oxime groups is 1. The van der Waals surface area contributed by atoms with Gasteiger partial charge < -0.3 is 9.94 Å². The Balaban J connectivity index is 2.93. The van der Waals surface area contributed by atoms with Crippen molar-refractivity contribution in [2.24, 2.45) is 15.9 Å². The standard InChI is InChI=1S/C5H8N4O4/c1-12-9-3(4(10)11)5(6)7-2-8-13-5/h2H,6H2,1H3,(H,7,8)(H,10,11). The van der Waals surface area contributed by atoms with Gasteiger partial charge in [-0.2, -0.15) is 0 Å². The highest BCUT2D eigenvalue weighted by molar-refractivity contribution is 6.38. The molecule has 1 heterocycles. The molecule has 0 saturated carbocycles. The first-order valence-corrected chi connectivity index (χ1v) is 3.21. The lowest BCUT2D eigenvalue weighted by Gasteiger charge is -2.16. The van der Waals surface area contributed by atoms with Gasteiger partial charge in [0, 0.05) is 0 Å². The van der Waals surface area contributed by atoms with E-state index >= 15 is 0 Å². The summed E-state index contributed by atoms with van der Waals surface area (Å²) >= 11 is 0. The zero-order chi connectivity index (χ0) is 9.90. The maximum Gasteiger partial charge on any atom is 0.360 e. The summed E-state index contributed by atoms with van der Waals surface area (Å²) < 4.78 is 0. The van der Waals surface area contributed by atoms with Gasteiger partial charge in [-0.15, -0.1) is 0 Å². The summed E-state index contributed by atoms with van der Waals surface area (Å²) in [7, 11) is 1.19. The molecule has 0 aromatic carbocycles. The Bertz CT molecular complexity index is 276. The Labute approximate surface area is 73.0 Å². The molecular weight excluding hydrogens is 180 g/mol. The highest BCUT2D eigenvalue weighted by atomic mass is 16.7. The van der Waals surface area contributed by atoms with Crippen LogP contribution in [0.5, 0.6) is 0 Å². The van der Waals surface area contributed by atoms with Gasteiger partial charge in [-0.3, -0.25) is 11.2 Å². The van der Waals surface area contributed by atoms with Crippen molar-refractivity contribution < 1.29 is 19.6 Å². The number of hydroxylamine groups is 1. The normalized spacial score (nSPS) is 27.1. The molecule has 0 aliphatic carbocycles. The number of nitrogens with one attached hydrogen (secondary N) is 1. The fourth-order valence-corrected chi connectivity index (χ4v) is 0.723. The van der Waals surface area contributed by atoms with E-state index in [-0.39, 0.29) is 0 Å². The zero-order valence-corrected chi connectivity index (χ0v) is 6.72. The van der Waals surface area contributed by atoms with Crippen molar-refractivity contribution >= 4 is 18.0 Å². The SMILES string of the molecule is CON=C(C(=O)O)C1(N)N=CNO1. The number of carboxylic acid groups (broad SMARTS) is 1. The smallest absolute Gasteiger partial charge is 0.360 e. The van der Waals surface area contributed by atoms with Crippen molar-refractivity contribution in [1.82, 2.24) is 5.48 Å². The number of rotatable bonds is 3. The van der Waals surface area contributed by atoms with Gasteiger partial charge in [0.05, 0.1) is 0 Å². The van der Waals surface area contributed by atoms with E-state index in [9.17, 15) is 4.79 Å². The molecule has 8 heteroatoms. The summed E-state index contributed by atoms with van der Waals surface area (Å²) in [5.74, 6) is -3.20. The number of hydrogen-bond donors (Lipinski definition) is 3. The summed E-state index contributed by atoms with van der Waals surface area (Å²) in [6, 6.07) is 0. The lowest BCUT2D eigenvalue weighted by Crippen LogP contribution is -2.51. The van der Waals surface area contributed by atoms with Gasteiger partial charge in [0.25, 0.3) is 5.85 Å². The predicted molar refractivity (Wildman–Crippen MR) is 41.7 cm³/mol. The summed E-state index contributed by atoms with van der Waals surface area (Å²) in [6.45, 7) is 0. The van der Waals surface area contributed by atoms with Gasteiger partial charge in [0.1, 0.15) is 13.4 Å². The first-order chi connectivity index (χ1) is 6.10. The largest absolute Gasteiger partial charge is 0.476 e. The van der Waals surface area contributed by atoms with Crippen molar-refractivity contribution in [3.8, 4) is 0 Å². The number of aliphatic imine (C=N–C) groups is 1. The number of nitrogens with zero attached hydrogens (tertiary/aromatic N) is 2. The van der Waals surface area contributed by atoms with Crippen LogP contribution in [-0.4, -0.2) is 36.1 Å². The lowest BCUT2D eigenvalue weighted by atomic mass is 10.2. The number of carboxylic acids is 1. The Morgan fingerprint density at radius 3 is 3.00 bits per heavy atom. The van der Waals surface area contributed by atoms with Crippen LogP contribution in [0.1, 0.15) is 0 Å². The molecule has 4 N–H and O–H groups in total. The van der Waals surface area contributed by atoms with Crippen molar-refractivity contribution in [3.05, 3.63) is 0 Å². The second-order valence-electron chi connectivity index (χ2n) is 2.10. The Kier molecular flexibility index (Phi) is 2.44. The van der Waals surface area contributed by atoms with E-state index < -0.39 is 17.5 Å². The molecule has 0 radical (unpaired) electrons. The van der Waals surface area contributed by atoms with Crippen LogP contribution in [0.25, 0.3) is 0 Å². The quantitative estimate of drug-likeness (QED) is 0.357. The molecule has 1 aliphatic rings. The zero-order valence-electron chi connectivity index (χ0n) is 6.72. The van der Waals surface area contributed by atoms with E-state index in [0.717, 1.165) is 6.34 Å². The van der Waals surface area contributed by atoms with Gasteiger partial charge in [0.2, 0.25) is 5.71 Å². The minimum absolute atomic E-state index is 0.545. The van der Waals surface area contributed by atoms with Crippen LogP contribution in [0.4, 0.5) is 0 Å². The van der Waals surface area contributed by atoms with E-state index in [2.05, 4.69) is 25.3 Å². The van der Waals surface area contributed by atoms with E-state index in [4.69, 9.17) is 10.8 Å². The maximum atomic E-state index is 10.6. The molecule has 0 spiro atoms. The highest BCUT2D eigenvalue weighted by Gasteiger charge is 2.41. The van der Waals surface area contributed by atoms with Crippen LogP contribution in [-0.2, 0) is 14.5 Å². The monoisotopic (exact) mass is 188 g/mol. The molecule has 72 valence electrons. The second-order valence-corrected chi connectivity index (χ2v) is 2.10. The predicted octanol–water partition coefficient (Wildman–Crippen LogP) is -1.75. The van der Waals surface area contributed by atoms with Crippen LogP contribution in [0, 0.1) is 0 Å². The molecule has 8 nitrogen and oxygen atoms in total. The van der Waals surface area contributed by atoms with Crippen LogP contribution >= 0.6 is 0 Å². The van der Waals surface area contributed by atoms with Gasteiger partial charge in [-0.1, -0.05) is 5.16 Å². The van der Waals surface area contributed by atoms with Crippen molar-refractivity contribution in [2.75, 3.05) is 7.11 Å². The molecule has 0 aromatic rings. The fraction of sp³-hybridized carbons (Fsp3) is 0.400. The molecule has 0 saturated heterocycles. The molecule has 0 fully saturated rings. The van der Waals surface area contributed by atoms with E-state index in [1.807, 2.05) is 0 Å². The summed E-state index contributed by atoms with van der Waals surface area (Å²) in [6.07, 6.45) is 1.12. The minimum Gasteiger partial charge on any atom is -0.476 e. The van der Waals surface area contributed by atoms with E-state index in [1.54, 1.807) is 0 Å². The van der Waals surface area contributed by atoms with Crippen LogP contribution < -0.4 is 11.2 Å². The average Bonchev–Trinajstić information content (AvgIpc) is 2.48. The maximum absolute atomic E-state index is 10.6. The summed E-state index contributed by atoms with van der Waals surface area (Å²) in [5.41, 5.74) is 7.06. The molecular formula is C5H8N4O4. The third-order valence-electron chi connectivity index (χ3n) is 1.25. The minimum atomic E-state index is -1.83. The first-order valence-electron chi connectivity index (χ1n) is 3.21. The van der Waals surface area contributed by atoms with Crippen LogP contribution in [0.2, 0.25) is 0 Å². The lowest BCUT2D eigenvalue weighted by molar-refractivity contribution is -0.131. The molecule has 1 aliphatic heterocycles. The first kappa shape index (κ1) is 9.42. The van der Waals surface area contributed by atoms with E-state index in [0.29, 0.717) is 0 Å². The molecule has 0 bridgehead atoms. The summed E-state index contributed by atoms with van der Waals surface area (Å²) in [4.78, 5) is 23.1. The Hall–Kier alpha value is -1.67. The molecule has 1 atom stereocenters. The molecule has 0 aromatic heterocycles. The Morgan fingerprint density at radius 2 is 2.62 bits per heavy atom. The topological polar surface area (TPSA) is 119 Å². The number of nitrogens with two attached hydrogens (primary N) is 1.